The van der Waals surface area contributed by atoms with Gasteiger partial charge in [-0.05, 0) is 94.6 Å². The number of anilines is 2. The summed E-state index contributed by atoms with van der Waals surface area (Å²) < 4.78 is 33.1. The Morgan fingerprint density at radius 3 is 2.49 bits per heavy atom. The molecule has 1 aromatic heterocycles. The molecule has 2 aromatic rings. The zero-order chi connectivity index (χ0) is 30.4. The standard InChI is InChI=1S/C29H39BrFN5O5/c1-28(2,3)40-26(37)35-14-16-13-18(35)23(16)36(27(38)41-29(4,5)6)24-17-12-15(10-9-11-33-7)19(30)20(31)22(17)34-25(39-8)21(24)32/h11-12,16,18,23H,9-10,13-14,32H2,1-8H3/t16-,18-,23+/m1/s1. The van der Waals surface area contributed by atoms with Crippen LogP contribution in [0.4, 0.5) is 25.4 Å². The summed E-state index contributed by atoms with van der Waals surface area (Å²) in [5.74, 6) is -0.677. The lowest BCUT2D eigenvalue weighted by Crippen LogP contribution is -2.58. The molecule has 2 aliphatic heterocycles. The number of carbonyl (C=O) groups is 2. The maximum absolute atomic E-state index is 15.9. The summed E-state index contributed by atoms with van der Waals surface area (Å²) in [4.78, 5) is 38.6. The number of ether oxygens (including phenoxy) is 3. The molecule has 41 heavy (non-hydrogen) atoms. The van der Waals surface area contributed by atoms with Gasteiger partial charge in [0.05, 0.1) is 29.4 Å². The van der Waals surface area contributed by atoms with Gasteiger partial charge in [-0.1, -0.05) is 0 Å². The highest BCUT2D eigenvalue weighted by Crippen LogP contribution is 2.50. The van der Waals surface area contributed by atoms with Crippen molar-refractivity contribution in [2.45, 2.75) is 84.1 Å². The quantitative estimate of drug-likeness (QED) is 0.380. The molecule has 5 rings (SSSR count). The van der Waals surface area contributed by atoms with E-state index in [1.54, 1.807) is 45.0 Å². The zero-order valence-electron chi connectivity index (χ0n) is 24.9. The van der Waals surface area contributed by atoms with Crippen molar-refractivity contribution in [1.29, 1.82) is 0 Å². The van der Waals surface area contributed by atoms with Crippen LogP contribution in [0, 0.1) is 11.7 Å². The summed E-state index contributed by atoms with van der Waals surface area (Å²) in [6.45, 7) is 11.1. The Bertz CT molecular complexity index is 1390. The lowest BCUT2D eigenvalue weighted by molar-refractivity contribution is 0.0217. The Morgan fingerprint density at radius 2 is 1.90 bits per heavy atom. The van der Waals surface area contributed by atoms with Gasteiger partial charge in [0.2, 0.25) is 5.88 Å². The Labute approximate surface area is 248 Å². The highest BCUT2D eigenvalue weighted by Gasteiger charge is 2.59. The van der Waals surface area contributed by atoms with E-state index in [1.165, 1.54) is 12.0 Å². The fourth-order valence-corrected chi connectivity index (χ4v) is 5.99. The van der Waals surface area contributed by atoms with Gasteiger partial charge in [0.25, 0.3) is 0 Å². The first-order valence-electron chi connectivity index (χ1n) is 13.6. The van der Waals surface area contributed by atoms with Crippen LogP contribution in [0.15, 0.2) is 15.5 Å². The molecule has 1 aromatic carbocycles. The first-order valence-corrected chi connectivity index (χ1v) is 14.4. The number of amides is 2. The van der Waals surface area contributed by atoms with Crippen molar-refractivity contribution in [3.05, 3.63) is 21.9 Å². The third-order valence-corrected chi connectivity index (χ3v) is 8.00. The van der Waals surface area contributed by atoms with E-state index in [-0.39, 0.29) is 39.2 Å². The van der Waals surface area contributed by atoms with Gasteiger partial charge in [0.15, 0.2) is 5.82 Å². The Hall–Kier alpha value is -3.15. The van der Waals surface area contributed by atoms with E-state index in [4.69, 9.17) is 19.9 Å². The summed E-state index contributed by atoms with van der Waals surface area (Å²) in [6, 6.07) is 0.974. The van der Waals surface area contributed by atoms with Gasteiger partial charge in [0.1, 0.15) is 22.4 Å². The van der Waals surface area contributed by atoms with Gasteiger partial charge in [-0.2, -0.15) is 0 Å². The fraction of sp³-hybridized carbons (Fsp3) is 0.586. The number of nitrogen functional groups attached to an aromatic ring is 1. The number of aryl methyl sites for hydroxylation is 1. The molecule has 2 bridgehead atoms. The van der Waals surface area contributed by atoms with Crippen LogP contribution in [0.1, 0.15) is 59.9 Å². The van der Waals surface area contributed by atoms with Crippen LogP contribution >= 0.6 is 15.9 Å². The predicted octanol–water partition coefficient (Wildman–Crippen LogP) is 6.11. The molecule has 3 aliphatic rings. The number of fused-ring (bicyclic) bond motifs is 2. The molecule has 224 valence electrons. The smallest absolute Gasteiger partial charge is 0.415 e. The highest BCUT2D eigenvalue weighted by atomic mass is 79.9. The molecule has 12 heteroatoms. The first-order chi connectivity index (χ1) is 19.1. The van der Waals surface area contributed by atoms with E-state index in [0.29, 0.717) is 36.8 Å². The van der Waals surface area contributed by atoms with Crippen LogP contribution < -0.4 is 15.4 Å². The Morgan fingerprint density at radius 1 is 1.24 bits per heavy atom. The van der Waals surface area contributed by atoms with Crippen LogP contribution in [0.2, 0.25) is 0 Å². The van der Waals surface area contributed by atoms with E-state index in [1.807, 2.05) is 20.8 Å². The largest absolute Gasteiger partial charge is 0.479 e. The molecule has 3 atom stereocenters. The third kappa shape index (κ3) is 6.07. The lowest BCUT2D eigenvalue weighted by atomic mass is 9.78. The number of nitrogens with zero attached hydrogens (tertiary/aromatic N) is 4. The molecule has 0 unspecified atom stereocenters. The van der Waals surface area contributed by atoms with Crippen LogP contribution in [-0.2, 0) is 15.9 Å². The van der Waals surface area contributed by atoms with Crippen molar-refractivity contribution in [1.82, 2.24) is 9.88 Å². The number of aromatic nitrogens is 1. The maximum atomic E-state index is 15.9. The van der Waals surface area contributed by atoms with Crippen molar-refractivity contribution in [3.63, 3.8) is 0 Å². The van der Waals surface area contributed by atoms with Gasteiger partial charge in [-0.25, -0.2) is 19.0 Å². The molecular formula is C29H39BrFN5O5. The van der Waals surface area contributed by atoms with E-state index in [0.717, 1.165) is 0 Å². The molecule has 1 aliphatic carbocycles. The van der Waals surface area contributed by atoms with Crippen LogP contribution in [0.3, 0.4) is 0 Å². The number of aliphatic imine (C=N–C) groups is 1. The van der Waals surface area contributed by atoms with Crippen LogP contribution in [0.25, 0.3) is 10.9 Å². The number of rotatable bonds is 6. The van der Waals surface area contributed by atoms with Gasteiger partial charge in [-0.15, -0.1) is 0 Å². The Kier molecular flexibility index (Phi) is 8.46. The molecular weight excluding hydrogens is 597 g/mol. The molecule has 2 N–H and O–H groups in total. The second-order valence-electron chi connectivity index (χ2n) is 12.5. The number of methoxy groups -OCH3 is 1. The third-order valence-electron chi connectivity index (χ3n) is 7.14. The minimum Gasteiger partial charge on any atom is -0.479 e. The summed E-state index contributed by atoms with van der Waals surface area (Å²) in [5.41, 5.74) is 6.10. The monoisotopic (exact) mass is 635 g/mol. The minimum absolute atomic E-state index is 0.00457. The molecule has 2 saturated heterocycles. The maximum Gasteiger partial charge on any atom is 0.415 e. The second kappa shape index (κ2) is 11.3. The number of nitrogens with two attached hydrogens (primary N) is 1. The van der Waals surface area contributed by atoms with Gasteiger partial charge < -0.3 is 29.8 Å². The van der Waals surface area contributed by atoms with E-state index >= 15 is 4.39 Å². The van der Waals surface area contributed by atoms with Gasteiger partial charge in [-0.3, -0.25) is 4.90 Å². The zero-order valence-corrected chi connectivity index (χ0v) is 26.5. The van der Waals surface area contributed by atoms with Gasteiger partial charge >= 0.3 is 12.2 Å². The van der Waals surface area contributed by atoms with Crippen molar-refractivity contribution in [3.8, 4) is 5.88 Å². The van der Waals surface area contributed by atoms with Crippen LogP contribution in [-0.4, -0.2) is 72.3 Å². The molecule has 10 nitrogen and oxygen atoms in total. The molecule has 2 amide bonds. The second-order valence-corrected chi connectivity index (χ2v) is 13.3. The van der Waals surface area contributed by atoms with Crippen molar-refractivity contribution < 1.29 is 28.2 Å². The molecule has 0 spiro atoms. The van der Waals surface area contributed by atoms with Crippen LogP contribution in [0.5, 0.6) is 5.88 Å². The molecule has 1 saturated carbocycles. The molecule has 3 heterocycles. The first kappa shape index (κ1) is 30.8. The average Bonchev–Trinajstić information content (AvgIpc) is 3.45. The van der Waals surface area contributed by atoms with Crippen molar-refractivity contribution >= 4 is 56.6 Å². The van der Waals surface area contributed by atoms with Crippen molar-refractivity contribution in [2.24, 2.45) is 10.9 Å². The number of pyridine rings is 1. The predicted molar refractivity (Wildman–Crippen MR) is 160 cm³/mol. The summed E-state index contributed by atoms with van der Waals surface area (Å²) in [6.07, 6.45) is 2.40. The fourth-order valence-electron chi connectivity index (χ4n) is 5.49. The number of halogens is 2. The SMILES string of the molecule is CN=CCCc1cc2c(N(C(=O)OC(C)(C)C)[C@H]3[C@@H]4C[C@H]3N(C(=O)OC(C)(C)C)C4)c(N)c(OC)nc2c(F)c1Br. The average molecular weight is 637 g/mol. The number of carbonyl (C=O) groups excluding carboxylic acids is 2. The number of benzene rings is 1. The Balaban J connectivity index is 1.91. The van der Waals surface area contributed by atoms with E-state index < -0.39 is 35.2 Å². The van der Waals surface area contributed by atoms with E-state index in [2.05, 4.69) is 25.9 Å². The normalized spacial score (nSPS) is 20.3. The highest BCUT2D eigenvalue weighted by molar-refractivity contribution is 9.10. The molecule has 0 radical (unpaired) electrons. The topological polar surface area (TPSA) is 120 Å². The van der Waals surface area contributed by atoms with Crippen molar-refractivity contribution in [2.75, 3.05) is 31.3 Å². The van der Waals surface area contributed by atoms with E-state index in [9.17, 15) is 9.59 Å². The summed E-state index contributed by atoms with van der Waals surface area (Å²) in [5, 5.41) is 0.341. The minimum atomic E-state index is -0.830. The molecule has 3 fully saturated rings. The summed E-state index contributed by atoms with van der Waals surface area (Å²) >= 11 is 3.38. The van der Waals surface area contributed by atoms with Gasteiger partial charge in [0, 0.05) is 24.9 Å². The number of hydrogen-bond acceptors (Lipinski definition) is 8. The summed E-state index contributed by atoms with van der Waals surface area (Å²) in [7, 11) is 3.06. The lowest BCUT2D eigenvalue weighted by Gasteiger charge is -2.44. The number of hydrogen-bond donors (Lipinski definition) is 1.